The van der Waals surface area contributed by atoms with E-state index >= 15 is 0 Å². The van der Waals surface area contributed by atoms with E-state index in [1.54, 1.807) is 18.7 Å². The van der Waals surface area contributed by atoms with E-state index in [2.05, 4.69) is 15.9 Å². The van der Waals surface area contributed by atoms with Crippen LogP contribution in [-0.2, 0) is 10.5 Å². The number of rotatable bonds is 5. The number of halogens is 1. The standard InChI is InChI=1S/C16H16BrNO2S/c1-10(16(19)20)12-4-2-11(3-5-12)9-21-15-7-6-13(18)8-14(15)17/h2-8,10H,9,18H2,1H3,(H,19,20). The lowest BCUT2D eigenvalue weighted by Gasteiger charge is -2.08. The van der Waals surface area contributed by atoms with Crippen LogP contribution in [0.1, 0.15) is 24.0 Å². The van der Waals surface area contributed by atoms with Crippen LogP contribution in [0, 0.1) is 0 Å². The zero-order valence-electron chi connectivity index (χ0n) is 11.5. The maximum absolute atomic E-state index is 10.9. The summed E-state index contributed by atoms with van der Waals surface area (Å²) in [5.41, 5.74) is 8.43. The summed E-state index contributed by atoms with van der Waals surface area (Å²) in [6, 6.07) is 13.5. The second-order valence-corrected chi connectivity index (χ2v) is 6.65. The molecular weight excluding hydrogens is 350 g/mol. The van der Waals surface area contributed by atoms with Crippen LogP contribution in [0.4, 0.5) is 5.69 Å². The van der Waals surface area contributed by atoms with Crippen LogP contribution in [0.3, 0.4) is 0 Å². The SMILES string of the molecule is CC(C(=O)O)c1ccc(CSc2ccc(N)cc2Br)cc1. The highest BCUT2D eigenvalue weighted by atomic mass is 79.9. The molecule has 0 bridgehead atoms. The Morgan fingerprint density at radius 1 is 1.29 bits per heavy atom. The zero-order chi connectivity index (χ0) is 15.4. The van der Waals surface area contributed by atoms with Gasteiger partial charge in [0.2, 0.25) is 0 Å². The first kappa shape index (κ1) is 15.9. The van der Waals surface area contributed by atoms with E-state index in [1.807, 2.05) is 42.5 Å². The van der Waals surface area contributed by atoms with Gasteiger partial charge in [-0.25, -0.2) is 0 Å². The van der Waals surface area contributed by atoms with Crippen LogP contribution in [0.25, 0.3) is 0 Å². The largest absolute Gasteiger partial charge is 0.481 e. The Kier molecular flexibility index (Phi) is 5.31. The first-order valence-corrected chi connectivity index (χ1v) is 8.24. The minimum absolute atomic E-state index is 0.474. The molecule has 0 heterocycles. The average Bonchev–Trinajstić information content (AvgIpc) is 2.46. The Hall–Kier alpha value is -1.46. The van der Waals surface area contributed by atoms with E-state index in [9.17, 15) is 4.79 Å². The van der Waals surface area contributed by atoms with Gasteiger partial charge < -0.3 is 10.8 Å². The fraction of sp³-hybridized carbons (Fsp3) is 0.188. The number of thioether (sulfide) groups is 1. The summed E-state index contributed by atoms with van der Waals surface area (Å²) in [6.45, 7) is 1.69. The zero-order valence-corrected chi connectivity index (χ0v) is 13.9. The number of carboxylic acid groups (broad SMARTS) is 1. The van der Waals surface area contributed by atoms with E-state index in [1.165, 1.54) is 0 Å². The molecule has 0 radical (unpaired) electrons. The average molecular weight is 366 g/mol. The summed E-state index contributed by atoms with van der Waals surface area (Å²) < 4.78 is 0.989. The molecule has 1 unspecified atom stereocenters. The minimum atomic E-state index is -0.803. The van der Waals surface area contributed by atoms with Crippen LogP contribution in [0.2, 0.25) is 0 Å². The fourth-order valence-electron chi connectivity index (χ4n) is 1.84. The first-order chi connectivity index (χ1) is 9.97. The number of benzene rings is 2. The van der Waals surface area contributed by atoms with Crippen molar-refractivity contribution in [1.82, 2.24) is 0 Å². The number of nitrogens with two attached hydrogens (primary N) is 1. The quantitative estimate of drug-likeness (QED) is 0.604. The summed E-state index contributed by atoms with van der Waals surface area (Å²) in [5, 5.41) is 8.99. The van der Waals surface area contributed by atoms with Gasteiger partial charge in [-0.2, -0.15) is 0 Å². The molecule has 3 nitrogen and oxygen atoms in total. The Labute approximate surface area is 136 Å². The summed E-state index contributed by atoms with van der Waals surface area (Å²) in [6.07, 6.45) is 0. The molecule has 2 rings (SSSR count). The molecule has 2 aromatic carbocycles. The summed E-state index contributed by atoms with van der Waals surface area (Å²) in [4.78, 5) is 12.1. The van der Waals surface area contributed by atoms with Crippen molar-refractivity contribution in [3.63, 3.8) is 0 Å². The lowest BCUT2D eigenvalue weighted by Crippen LogP contribution is -2.07. The summed E-state index contributed by atoms with van der Waals surface area (Å²) in [5.74, 6) is -0.453. The lowest BCUT2D eigenvalue weighted by atomic mass is 10.0. The van der Waals surface area contributed by atoms with Gasteiger partial charge in [-0.05, 0) is 52.2 Å². The van der Waals surface area contributed by atoms with Gasteiger partial charge in [-0.1, -0.05) is 24.3 Å². The molecule has 0 amide bonds. The molecule has 3 N–H and O–H groups in total. The number of nitrogen functional groups attached to an aromatic ring is 1. The molecule has 0 aliphatic carbocycles. The molecular formula is C16H16BrNO2S. The van der Waals surface area contributed by atoms with Crippen molar-refractivity contribution in [3.05, 3.63) is 58.1 Å². The Morgan fingerprint density at radius 2 is 1.95 bits per heavy atom. The number of aliphatic carboxylic acids is 1. The highest BCUT2D eigenvalue weighted by molar-refractivity contribution is 9.10. The van der Waals surface area contributed by atoms with Crippen LogP contribution in [-0.4, -0.2) is 11.1 Å². The molecule has 0 fully saturated rings. The fourth-order valence-corrected chi connectivity index (χ4v) is 3.46. The molecule has 0 saturated carbocycles. The maximum Gasteiger partial charge on any atom is 0.310 e. The number of anilines is 1. The first-order valence-electron chi connectivity index (χ1n) is 6.47. The molecule has 0 spiro atoms. The van der Waals surface area contributed by atoms with Crippen LogP contribution in [0.5, 0.6) is 0 Å². The molecule has 110 valence electrons. The van der Waals surface area contributed by atoms with Crippen molar-refractivity contribution in [3.8, 4) is 0 Å². The molecule has 5 heteroatoms. The predicted octanol–water partition coefficient (Wildman–Crippen LogP) is 4.51. The monoisotopic (exact) mass is 365 g/mol. The van der Waals surface area contributed by atoms with Crippen molar-refractivity contribution >= 4 is 39.3 Å². The lowest BCUT2D eigenvalue weighted by molar-refractivity contribution is -0.138. The number of carbonyl (C=O) groups is 1. The van der Waals surface area contributed by atoms with Crippen molar-refractivity contribution in [2.75, 3.05) is 5.73 Å². The smallest absolute Gasteiger partial charge is 0.310 e. The number of hydrogen-bond acceptors (Lipinski definition) is 3. The van der Waals surface area contributed by atoms with Crippen molar-refractivity contribution in [2.24, 2.45) is 0 Å². The van der Waals surface area contributed by atoms with E-state index in [4.69, 9.17) is 10.8 Å². The van der Waals surface area contributed by atoms with Crippen molar-refractivity contribution in [1.29, 1.82) is 0 Å². The predicted molar refractivity (Wildman–Crippen MR) is 90.6 cm³/mol. The van der Waals surface area contributed by atoms with E-state index in [0.29, 0.717) is 0 Å². The molecule has 0 aliphatic heterocycles. The third kappa shape index (κ3) is 4.25. The van der Waals surface area contributed by atoms with Gasteiger partial charge in [-0.3, -0.25) is 4.79 Å². The molecule has 21 heavy (non-hydrogen) atoms. The van der Waals surface area contributed by atoms with Gasteiger partial charge in [0.25, 0.3) is 0 Å². The summed E-state index contributed by atoms with van der Waals surface area (Å²) >= 11 is 5.21. The van der Waals surface area contributed by atoms with Gasteiger partial charge in [0.05, 0.1) is 5.92 Å². The minimum Gasteiger partial charge on any atom is -0.481 e. The van der Waals surface area contributed by atoms with E-state index in [-0.39, 0.29) is 0 Å². The number of hydrogen-bond donors (Lipinski definition) is 2. The van der Waals surface area contributed by atoms with Crippen LogP contribution < -0.4 is 5.73 Å². The Morgan fingerprint density at radius 3 is 2.52 bits per heavy atom. The molecule has 2 aromatic rings. The molecule has 0 saturated heterocycles. The van der Waals surface area contributed by atoms with Gasteiger partial charge in [0, 0.05) is 20.8 Å². The van der Waals surface area contributed by atoms with Gasteiger partial charge >= 0.3 is 5.97 Å². The normalized spacial score (nSPS) is 12.1. The second-order valence-electron chi connectivity index (χ2n) is 4.78. The summed E-state index contributed by atoms with van der Waals surface area (Å²) in [7, 11) is 0. The van der Waals surface area contributed by atoms with Crippen molar-refractivity contribution in [2.45, 2.75) is 23.5 Å². The maximum atomic E-state index is 10.9. The third-order valence-electron chi connectivity index (χ3n) is 3.20. The van der Waals surface area contributed by atoms with Gasteiger partial charge in [0.15, 0.2) is 0 Å². The molecule has 0 aromatic heterocycles. The van der Waals surface area contributed by atoms with Crippen LogP contribution >= 0.6 is 27.7 Å². The van der Waals surface area contributed by atoms with E-state index in [0.717, 1.165) is 31.9 Å². The van der Waals surface area contributed by atoms with Crippen molar-refractivity contribution < 1.29 is 9.90 Å². The van der Waals surface area contributed by atoms with E-state index < -0.39 is 11.9 Å². The highest BCUT2D eigenvalue weighted by Gasteiger charge is 2.13. The van der Waals surface area contributed by atoms with Gasteiger partial charge in [0.1, 0.15) is 0 Å². The Balaban J connectivity index is 2.02. The molecule has 0 aliphatic rings. The molecule has 1 atom stereocenters. The topological polar surface area (TPSA) is 63.3 Å². The second kappa shape index (κ2) is 7.00. The van der Waals surface area contributed by atoms with Crippen LogP contribution in [0.15, 0.2) is 51.8 Å². The highest BCUT2D eigenvalue weighted by Crippen LogP contribution is 2.31. The Bertz CT molecular complexity index is 643. The number of carboxylic acids is 1. The van der Waals surface area contributed by atoms with Gasteiger partial charge in [-0.15, -0.1) is 11.8 Å². The third-order valence-corrected chi connectivity index (χ3v) is 5.26.